The molecular formula is C20H20N4OS. The first-order valence-electron chi connectivity index (χ1n) is 8.27. The van der Waals surface area contributed by atoms with Crippen LogP contribution in [0.25, 0.3) is 11.4 Å². The van der Waals surface area contributed by atoms with E-state index in [1.807, 2.05) is 66.1 Å². The largest absolute Gasteiger partial charge is 0.325 e. The second kappa shape index (κ2) is 8.49. The van der Waals surface area contributed by atoms with Crippen LogP contribution >= 0.6 is 11.8 Å². The molecule has 0 aliphatic heterocycles. The van der Waals surface area contributed by atoms with E-state index in [2.05, 4.69) is 22.1 Å². The molecule has 6 heteroatoms. The van der Waals surface area contributed by atoms with Crippen molar-refractivity contribution >= 4 is 23.4 Å². The number of anilines is 1. The zero-order chi connectivity index (χ0) is 18.4. The third-order valence-electron chi connectivity index (χ3n) is 3.81. The van der Waals surface area contributed by atoms with Gasteiger partial charge in [0.05, 0.1) is 5.75 Å². The Labute approximate surface area is 157 Å². The molecule has 0 aliphatic carbocycles. The fourth-order valence-corrected chi connectivity index (χ4v) is 3.27. The van der Waals surface area contributed by atoms with Crippen LogP contribution < -0.4 is 5.32 Å². The van der Waals surface area contributed by atoms with Crippen molar-refractivity contribution in [3.63, 3.8) is 0 Å². The van der Waals surface area contributed by atoms with Gasteiger partial charge in [-0.2, -0.15) is 0 Å². The smallest absolute Gasteiger partial charge is 0.234 e. The Kier molecular flexibility index (Phi) is 5.86. The van der Waals surface area contributed by atoms with E-state index in [1.54, 1.807) is 6.08 Å². The Morgan fingerprint density at radius 2 is 1.88 bits per heavy atom. The third-order valence-corrected chi connectivity index (χ3v) is 4.78. The molecule has 0 fully saturated rings. The average Bonchev–Trinajstić information content (AvgIpc) is 3.06. The Morgan fingerprint density at radius 3 is 2.62 bits per heavy atom. The average molecular weight is 364 g/mol. The van der Waals surface area contributed by atoms with Gasteiger partial charge in [0.15, 0.2) is 11.0 Å². The molecule has 0 bridgehead atoms. The van der Waals surface area contributed by atoms with Crippen molar-refractivity contribution in [2.75, 3.05) is 11.1 Å². The summed E-state index contributed by atoms with van der Waals surface area (Å²) < 4.78 is 1.97. The maximum atomic E-state index is 12.3. The lowest BCUT2D eigenvalue weighted by Crippen LogP contribution is -2.15. The van der Waals surface area contributed by atoms with Crippen LogP contribution in [0.5, 0.6) is 0 Å². The second-order valence-electron chi connectivity index (χ2n) is 5.72. The molecule has 0 unspecified atom stereocenters. The highest BCUT2D eigenvalue weighted by Gasteiger charge is 2.15. The molecule has 3 aromatic rings. The van der Waals surface area contributed by atoms with Gasteiger partial charge in [-0.25, -0.2) is 0 Å². The SMILES string of the molecule is C=CCn1c(SCC(=O)Nc2ccccc2C)nnc1-c1ccccc1. The van der Waals surface area contributed by atoms with Gasteiger partial charge in [0.25, 0.3) is 0 Å². The maximum Gasteiger partial charge on any atom is 0.234 e. The first kappa shape index (κ1) is 17.9. The highest BCUT2D eigenvalue weighted by atomic mass is 32.2. The molecule has 5 nitrogen and oxygen atoms in total. The Bertz CT molecular complexity index is 905. The zero-order valence-electron chi connectivity index (χ0n) is 14.6. The molecule has 1 N–H and O–H groups in total. The summed E-state index contributed by atoms with van der Waals surface area (Å²) >= 11 is 1.37. The monoisotopic (exact) mass is 364 g/mol. The van der Waals surface area contributed by atoms with E-state index in [1.165, 1.54) is 11.8 Å². The van der Waals surface area contributed by atoms with E-state index in [-0.39, 0.29) is 11.7 Å². The summed E-state index contributed by atoms with van der Waals surface area (Å²) in [6.07, 6.45) is 1.80. The first-order valence-corrected chi connectivity index (χ1v) is 9.25. The number of amides is 1. The Hall–Kier alpha value is -2.86. The summed E-state index contributed by atoms with van der Waals surface area (Å²) in [6, 6.07) is 17.6. The molecule has 132 valence electrons. The number of hydrogen-bond acceptors (Lipinski definition) is 4. The first-order chi connectivity index (χ1) is 12.7. The zero-order valence-corrected chi connectivity index (χ0v) is 15.4. The Balaban J connectivity index is 1.72. The number of rotatable bonds is 7. The van der Waals surface area contributed by atoms with Crippen molar-refractivity contribution < 1.29 is 4.79 Å². The summed E-state index contributed by atoms with van der Waals surface area (Å²) in [6.45, 7) is 6.36. The molecule has 0 radical (unpaired) electrons. The summed E-state index contributed by atoms with van der Waals surface area (Å²) in [4.78, 5) is 12.3. The van der Waals surface area contributed by atoms with Gasteiger partial charge in [-0.15, -0.1) is 16.8 Å². The van der Waals surface area contributed by atoms with Crippen LogP contribution in [0, 0.1) is 6.92 Å². The molecule has 1 aromatic heterocycles. The van der Waals surface area contributed by atoms with Crippen LogP contribution in [0.1, 0.15) is 5.56 Å². The molecule has 2 aromatic carbocycles. The molecule has 0 saturated heterocycles. The topological polar surface area (TPSA) is 59.8 Å². The summed E-state index contributed by atoms with van der Waals surface area (Å²) in [5.74, 6) is 0.962. The minimum atomic E-state index is -0.0706. The molecule has 3 rings (SSSR count). The van der Waals surface area contributed by atoms with Gasteiger partial charge in [0, 0.05) is 17.8 Å². The number of thioether (sulfide) groups is 1. The fraction of sp³-hybridized carbons (Fsp3) is 0.150. The molecule has 1 heterocycles. The van der Waals surface area contributed by atoms with Gasteiger partial charge in [-0.3, -0.25) is 9.36 Å². The normalized spacial score (nSPS) is 10.5. The number of hydrogen-bond donors (Lipinski definition) is 1. The number of allylic oxidation sites excluding steroid dienone is 1. The van der Waals surface area contributed by atoms with Gasteiger partial charge < -0.3 is 5.32 Å². The highest BCUT2D eigenvalue weighted by Crippen LogP contribution is 2.24. The minimum absolute atomic E-state index is 0.0706. The van der Waals surface area contributed by atoms with Crippen molar-refractivity contribution in [2.24, 2.45) is 0 Å². The van der Waals surface area contributed by atoms with Crippen molar-refractivity contribution in [1.29, 1.82) is 0 Å². The molecule has 1 amide bonds. The van der Waals surface area contributed by atoms with Gasteiger partial charge in [-0.05, 0) is 18.6 Å². The number of para-hydroxylation sites is 1. The van der Waals surface area contributed by atoms with Gasteiger partial charge in [0.1, 0.15) is 0 Å². The minimum Gasteiger partial charge on any atom is -0.325 e. The van der Waals surface area contributed by atoms with E-state index < -0.39 is 0 Å². The van der Waals surface area contributed by atoms with E-state index in [0.29, 0.717) is 11.7 Å². The van der Waals surface area contributed by atoms with Gasteiger partial charge in [0.2, 0.25) is 5.91 Å². The quantitative estimate of drug-likeness (QED) is 0.505. The molecule has 26 heavy (non-hydrogen) atoms. The lowest BCUT2D eigenvalue weighted by atomic mass is 10.2. The number of benzene rings is 2. The number of carbonyl (C=O) groups excluding carboxylic acids is 1. The molecule has 0 aliphatic rings. The third kappa shape index (κ3) is 4.21. The lowest BCUT2D eigenvalue weighted by Gasteiger charge is -2.09. The summed E-state index contributed by atoms with van der Waals surface area (Å²) in [5, 5.41) is 12.2. The highest BCUT2D eigenvalue weighted by molar-refractivity contribution is 7.99. The molecular weight excluding hydrogens is 344 g/mol. The van der Waals surface area contributed by atoms with E-state index >= 15 is 0 Å². The predicted octanol–water partition coefficient (Wildman–Crippen LogP) is 4.17. The van der Waals surface area contributed by atoms with Crippen LogP contribution in [0.15, 0.2) is 72.4 Å². The fourth-order valence-electron chi connectivity index (χ4n) is 2.52. The number of carbonyl (C=O) groups is 1. The van der Waals surface area contributed by atoms with Crippen molar-refractivity contribution in [2.45, 2.75) is 18.6 Å². The molecule has 0 saturated carbocycles. The summed E-state index contributed by atoms with van der Waals surface area (Å²) in [5.41, 5.74) is 2.85. The van der Waals surface area contributed by atoms with Crippen LogP contribution in [-0.2, 0) is 11.3 Å². The Morgan fingerprint density at radius 1 is 1.15 bits per heavy atom. The van der Waals surface area contributed by atoms with Crippen LogP contribution in [0.2, 0.25) is 0 Å². The number of aromatic nitrogens is 3. The van der Waals surface area contributed by atoms with E-state index in [0.717, 1.165) is 22.6 Å². The van der Waals surface area contributed by atoms with Crippen LogP contribution in [0.3, 0.4) is 0 Å². The van der Waals surface area contributed by atoms with Crippen LogP contribution in [0.4, 0.5) is 5.69 Å². The van der Waals surface area contributed by atoms with Crippen molar-refractivity contribution in [3.05, 3.63) is 72.8 Å². The van der Waals surface area contributed by atoms with Gasteiger partial charge in [-0.1, -0.05) is 66.4 Å². The number of nitrogens with zero attached hydrogens (tertiary/aromatic N) is 3. The van der Waals surface area contributed by atoms with Crippen molar-refractivity contribution in [3.8, 4) is 11.4 Å². The molecule has 0 spiro atoms. The standard InChI is InChI=1S/C20H20N4OS/c1-3-13-24-19(16-10-5-4-6-11-16)22-23-20(24)26-14-18(25)21-17-12-8-7-9-15(17)2/h3-12H,1,13-14H2,2H3,(H,21,25). The van der Waals surface area contributed by atoms with Crippen LogP contribution in [-0.4, -0.2) is 26.4 Å². The summed E-state index contributed by atoms with van der Waals surface area (Å²) in [7, 11) is 0. The maximum absolute atomic E-state index is 12.3. The van der Waals surface area contributed by atoms with Gasteiger partial charge >= 0.3 is 0 Å². The number of nitrogens with one attached hydrogen (secondary N) is 1. The lowest BCUT2D eigenvalue weighted by molar-refractivity contribution is -0.113. The van der Waals surface area contributed by atoms with Crippen molar-refractivity contribution in [1.82, 2.24) is 14.8 Å². The predicted molar refractivity (Wildman–Crippen MR) is 106 cm³/mol. The second-order valence-corrected chi connectivity index (χ2v) is 6.67. The number of aryl methyl sites for hydroxylation is 1. The van der Waals surface area contributed by atoms with E-state index in [9.17, 15) is 4.79 Å². The van der Waals surface area contributed by atoms with E-state index in [4.69, 9.17) is 0 Å². The molecule has 0 atom stereocenters.